The zero-order valence-electron chi connectivity index (χ0n) is 7.93. The summed E-state index contributed by atoms with van der Waals surface area (Å²) in [7, 11) is 0. The number of rotatable bonds is 5. The summed E-state index contributed by atoms with van der Waals surface area (Å²) in [6, 6.07) is 0. The topological polar surface area (TPSA) is 97.1 Å². The summed E-state index contributed by atoms with van der Waals surface area (Å²) in [6.45, 7) is -0.599. The van der Waals surface area contributed by atoms with Gasteiger partial charge in [0.05, 0.1) is 12.7 Å². The Labute approximate surface area is 88.0 Å². The van der Waals surface area contributed by atoms with Crippen LogP contribution >= 0.6 is 0 Å². The lowest BCUT2D eigenvalue weighted by Crippen LogP contribution is -2.29. The molecule has 0 unspecified atom stereocenters. The molecule has 0 radical (unpaired) electrons. The zero-order valence-corrected chi connectivity index (χ0v) is 7.93. The highest BCUT2D eigenvalue weighted by Gasteiger charge is 2.14. The Kier molecular flexibility index (Phi) is 3.86. The molecule has 0 aliphatic rings. The molecule has 7 nitrogen and oxygen atoms in total. The van der Waals surface area contributed by atoms with Gasteiger partial charge in [-0.15, -0.1) is 5.10 Å². The van der Waals surface area contributed by atoms with Crippen molar-refractivity contribution >= 4 is 11.9 Å². The maximum absolute atomic E-state index is 11.8. The van der Waals surface area contributed by atoms with Gasteiger partial charge in [0.2, 0.25) is 0 Å². The molecular formula is C7H8F2N4O3. The van der Waals surface area contributed by atoms with Gasteiger partial charge in [-0.2, -0.15) is 8.78 Å². The highest BCUT2D eigenvalue weighted by atomic mass is 19.3. The molecule has 1 amide bonds. The van der Waals surface area contributed by atoms with Gasteiger partial charge < -0.3 is 10.4 Å². The first-order valence-electron chi connectivity index (χ1n) is 4.15. The summed E-state index contributed by atoms with van der Waals surface area (Å²) in [5, 5.41) is 17.2. The summed E-state index contributed by atoms with van der Waals surface area (Å²) in [6.07, 6.45) is -1.84. The van der Waals surface area contributed by atoms with Crippen LogP contribution in [-0.2, 0) is 22.7 Å². The van der Waals surface area contributed by atoms with Gasteiger partial charge in [-0.1, -0.05) is 5.21 Å². The summed E-state index contributed by atoms with van der Waals surface area (Å²) in [5.74, 6) is -2.51. The number of amides is 1. The number of hydrogen-bond donors (Lipinski definition) is 2. The molecule has 0 aromatic carbocycles. The number of nitrogens with zero attached hydrogens (tertiary/aromatic N) is 3. The number of carboxylic acids is 1. The van der Waals surface area contributed by atoms with Crippen molar-refractivity contribution in [3.63, 3.8) is 0 Å². The summed E-state index contributed by atoms with van der Waals surface area (Å²) < 4.78 is 24.6. The third kappa shape index (κ3) is 3.59. The lowest BCUT2D eigenvalue weighted by molar-refractivity contribution is -0.138. The predicted molar refractivity (Wildman–Crippen MR) is 45.5 cm³/mol. The van der Waals surface area contributed by atoms with Crippen LogP contribution in [-0.4, -0.2) is 38.4 Å². The van der Waals surface area contributed by atoms with Crippen LogP contribution in [0.5, 0.6) is 0 Å². The molecule has 0 fully saturated rings. The van der Waals surface area contributed by atoms with Crippen LogP contribution in [0.4, 0.5) is 8.78 Å². The van der Waals surface area contributed by atoms with Crippen LogP contribution in [0.2, 0.25) is 0 Å². The van der Waals surface area contributed by atoms with E-state index >= 15 is 0 Å². The molecule has 0 bridgehead atoms. The number of carboxylic acid groups (broad SMARTS) is 1. The fraction of sp³-hybridized carbons (Fsp3) is 0.429. The number of aliphatic carboxylic acids is 1. The number of hydrogen-bond acceptors (Lipinski definition) is 4. The number of carbonyl (C=O) groups is 2. The molecule has 1 aromatic heterocycles. The predicted octanol–water partition coefficient (Wildman–Crippen LogP) is -0.756. The third-order valence-corrected chi connectivity index (χ3v) is 1.53. The van der Waals surface area contributed by atoms with E-state index in [2.05, 4.69) is 10.3 Å². The highest BCUT2D eigenvalue weighted by Crippen LogP contribution is 1.95. The second-order valence-corrected chi connectivity index (χ2v) is 2.82. The molecule has 1 rings (SSSR count). The maximum atomic E-state index is 11.8. The SMILES string of the molecule is O=C(O)Cn1cc(CNC(=O)C(F)F)nn1. The zero-order chi connectivity index (χ0) is 12.1. The van der Waals surface area contributed by atoms with Gasteiger partial charge in [-0.05, 0) is 0 Å². The van der Waals surface area contributed by atoms with Gasteiger partial charge in [0.25, 0.3) is 5.91 Å². The number of halogens is 2. The van der Waals surface area contributed by atoms with Crippen molar-refractivity contribution in [2.75, 3.05) is 0 Å². The molecule has 0 atom stereocenters. The van der Waals surface area contributed by atoms with E-state index < -0.39 is 18.3 Å². The van der Waals surface area contributed by atoms with Crippen molar-refractivity contribution in [1.82, 2.24) is 20.3 Å². The molecule has 0 aliphatic heterocycles. The minimum absolute atomic E-state index is 0.204. The Morgan fingerprint density at radius 3 is 2.81 bits per heavy atom. The fourth-order valence-corrected chi connectivity index (χ4v) is 0.890. The lowest BCUT2D eigenvalue weighted by Gasteiger charge is -1.99. The quantitative estimate of drug-likeness (QED) is 0.698. The van der Waals surface area contributed by atoms with Crippen molar-refractivity contribution in [2.45, 2.75) is 19.5 Å². The Morgan fingerprint density at radius 1 is 1.56 bits per heavy atom. The van der Waals surface area contributed by atoms with E-state index in [9.17, 15) is 18.4 Å². The van der Waals surface area contributed by atoms with Crippen molar-refractivity contribution in [3.8, 4) is 0 Å². The van der Waals surface area contributed by atoms with Gasteiger partial charge in [-0.25, -0.2) is 4.68 Å². The van der Waals surface area contributed by atoms with Crippen molar-refractivity contribution in [3.05, 3.63) is 11.9 Å². The van der Waals surface area contributed by atoms with Gasteiger partial charge in [-0.3, -0.25) is 9.59 Å². The van der Waals surface area contributed by atoms with E-state index in [1.165, 1.54) is 6.20 Å². The fourth-order valence-electron chi connectivity index (χ4n) is 0.890. The number of carbonyl (C=O) groups excluding carboxylic acids is 1. The molecule has 0 saturated carbocycles. The van der Waals surface area contributed by atoms with Gasteiger partial charge in [0, 0.05) is 0 Å². The molecule has 16 heavy (non-hydrogen) atoms. The average Bonchev–Trinajstić information content (AvgIpc) is 2.60. The standard InChI is InChI=1S/C7H8F2N4O3/c8-6(9)7(16)10-1-4-2-13(12-11-4)3-5(14)15/h2,6H,1,3H2,(H,10,16)(H,14,15). The molecule has 1 aromatic rings. The largest absolute Gasteiger partial charge is 0.480 e. The monoisotopic (exact) mass is 234 g/mol. The molecule has 88 valence electrons. The van der Waals surface area contributed by atoms with Crippen LogP contribution in [0, 0.1) is 0 Å². The van der Waals surface area contributed by atoms with E-state index in [-0.39, 0.29) is 18.8 Å². The molecule has 2 N–H and O–H groups in total. The van der Waals surface area contributed by atoms with Crippen LogP contribution in [0.15, 0.2) is 6.20 Å². The molecule has 9 heteroatoms. The Hall–Kier alpha value is -2.06. The molecule has 0 saturated heterocycles. The molecular weight excluding hydrogens is 226 g/mol. The first-order chi connectivity index (χ1) is 7.49. The lowest BCUT2D eigenvalue weighted by atomic mass is 10.4. The first-order valence-corrected chi connectivity index (χ1v) is 4.15. The second-order valence-electron chi connectivity index (χ2n) is 2.82. The molecule has 0 aliphatic carbocycles. The van der Waals surface area contributed by atoms with Crippen molar-refractivity contribution in [2.24, 2.45) is 0 Å². The average molecular weight is 234 g/mol. The summed E-state index contributed by atoms with van der Waals surface area (Å²) in [5.41, 5.74) is 0.204. The second kappa shape index (κ2) is 5.14. The maximum Gasteiger partial charge on any atom is 0.325 e. The number of aromatic nitrogens is 3. The van der Waals surface area contributed by atoms with E-state index in [0.29, 0.717) is 0 Å². The van der Waals surface area contributed by atoms with Crippen molar-refractivity contribution < 1.29 is 23.5 Å². The van der Waals surface area contributed by atoms with Crippen LogP contribution in [0.3, 0.4) is 0 Å². The number of alkyl halides is 2. The van der Waals surface area contributed by atoms with Gasteiger partial charge in [0.1, 0.15) is 12.2 Å². The third-order valence-electron chi connectivity index (χ3n) is 1.53. The Bertz CT molecular complexity index is 393. The smallest absolute Gasteiger partial charge is 0.325 e. The van der Waals surface area contributed by atoms with Crippen LogP contribution in [0.25, 0.3) is 0 Å². The van der Waals surface area contributed by atoms with E-state index in [1.54, 1.807) is 0 Å². The highest BCUT2D eigenvalue weighted by molar-refractivity contribution is 5.78. The molecule has 0 spiro atoms. The Morgan fingerprint density at radius 2 is 2.25 bits per heavy atom. The van der Waals surface area contributed by atoms with E-state index in [0.717, 1.165) is 4.68 Å². The Balaban J connectivity index is 2.46. The van der Waals surface area contributed by atoms with E-state index in [4.69, 9.17) is 5.11 Å². The minimum atomic E-state index is -3.09. The summed E-state index contributed by atoms with van der Waals surface area (Å²) in [4.78, 5) is 20.8. The normalized spacial score (nSPS) is 10.4. The number of nitrogens with one attached hydrogen (secondary N) is 1. The minimum Gasteiger partial charge on any atom is -0.480 e. The van der Waals surface area contributed by atoms with Crippen LogP contribution in [0.1, 0.15) is 5.69 Å². The molecule has 1 heterocycles. The van der Waals surface area contributed by atoms with E-state index in [1.807, 2.05) is 5.32 Å². The summed E-state index contributed by atoms with van der Waals surface area (Å²) >= 11 is 0. The van der Waals surface area contributed by atoms with Gasteiger partial charge in [0.15, 0.2) is 0 Å². The first kappa shape index (κ1) is 12.0. The van der Waals surface area contributed by atoms with Gasteiger partial charge >= 0.3 is 12.4 Å². The van der Waals surface area contributed by atoms with Crippen molar-refractivity contribution in [1.29, 1.82) is 0 Å². The van der Waals surface area contributed by atoms with Crippen LogP contribution < -0.4 is 5.32 Å².